The van der Waals surface area contributed by atoms with Crippen LogP contribution >= 0.6 is 7.82 Å². The Bertz CT molecular complexity index is 1430. The third kappa shape index (κ3) is 37.5. The largest absolute Gasteiger partial charge is 0.472 e. The van der Waals surface area contributed by atoms with Crippen LogP contribution in [0, 0.1) is 0 Å². The molecule has 406 valence electrons. The minimum atomic E-state index is -5.03. The number of hydrogen-bond donors (Lipinski definition) is 6. The molecule has 1 fully saturated rings. The lowest BCUT2D eigenvalue weighted by Gasteiger charge is -2.41. The van der Waals surface area contributed by atoms with E-state index in [0.717, 1.165) is 83.5 Å². The third-order valence-electron chi connectivity index (χ3n) is 12.6. The highest BCUT2D eigenvalue weighted by molar-refractivity contribution is 7.47. The highest BCUT2D eigenvalue weighted by Crippen LogP contribution is 2.47. The summed E-state index contributed by atoms with van der Waals surface area (Å²) in [6.45, 7) is 4.14. The van der Waals surface area contributed by atoms with Crippen LogP contribution in [-0.4, -0.2) is 98.9 Å². The summed E-state index contributed by atoms with van der Waals surface area (Å²) in [5, 5.41) is 50.4. The zero-order valence-corrected chi connectivity index (χ0v) is 44.7. The molecule has 6 unspecified atom stereocenters. The summed E-state index contributed by atoms with van der Waals surface area (Å²) >= 11 is 0. The van der Waals surface area contributed by atoms with Crippen molar-refractivity contribution in [1.82, 2.24) is 0 Å². The standard InChI is InChI=1S/C57H101O12P/c1-3-5-7-9-11-13-15-17-19-21-23-24-25-26-27-29-31-33-35-37-39-41-43-45-47-66-48-50(49-67-70(64,65)69-57-55(62)53(60)52(59)54(61)56(57)63)68-51(58)46-44-42-40-38-36-34-32-30-28-22-20-18-16-14-12-10-8-6-4-2/h5,7,11,13,17-20,23-24,26-27,50,52-57,59-63H,3-4,6,8-10,12,14-16,21-22,25,28-49H2,1-2H3,(H,64,65)/b7-5-,13-11-,19-17-,20-18-,24-23-,27-26-. The van der Waals surface area contributed by atoms with Gasteiger partial charge in [-0.1, -0.05) is 202 Å². The molecule has 6 N–H and O–H groups in total. The van der Waals surface area contributed by atoms with E-state index in [1.807, 2.05) is 0 Å². The highest BCUT2D eigenvalue weighted by Gasteiger charge is 2.51. The maximum atomic E-state index is 12.9. The van der Waals surface area contributed by atoms with Crippen molar-refractivity contribution in [2.75, 3.05) is 19.8 Å². The molecular weight excluding hydrogens is 908 g/mol. The molecule has 0 saturated heterocycles. The summed E-state index contributed by atoms with van der Waals surface area (Å²) in [6.07, 6.45) is 49.6. The molecule has 0 aromatic heterocycles. The van der Waals surface area contributed by atoms with Gasteiger partial charge < -0.3 is 39.9 Å². The number of carbonyl (C=O) groups excluding carboxylic acids is 1. The highest BCUT2D eigenvalue weighted by atomic mass is 31.2. The van der Waals surface area contributed by atoms with Crippen LogP contribution in [0.25, 0.3) is 0 Å². The van der Waals surface area contributed by atoms with Gasteiger partial charge in [-0.15, -0.1) is 0 Å². The molecular formula is C57H101O12P. The summed E-state index contributed by atoms with van der Waals surface area (Å²) in [5.41, 5.74) is 0. The van der Waals surface area contributed by atoms with E-state index >= 15 is 0 Å². The van der Waals surface area contributed by atoms with Crippen molar-refractivity contribution < 1.29 is 58.3 Å². The zero-order chi connectivity index (χ0) is 51.2. The predicted octanol–water partition coefficient (Wildman–Crippen LogP) is 13.1. The first-order chi connectivity index (χ1) is 34.0. The van der Waals surface area contributed by atoms with Crippen molar-refractivity contribution in [2.45, 2.75) is 262 Å². The first kappa shape index (κ1) is 65.8. The van der Waals surface area contributed by atoms with Crippen LogP contribution in [0.2, 0.25) is 0 Å². The topological polar surface area (TPSA) is 192 Å². The molecule has 0 aromatic carbocycles. The lowest BCUT2D eigenvalue weighted by molar-refractivity contribution is -0.220. The fourth-order valence-corrected chi connectivity index (χ4v) is 9.17. The van der Waals surface area contributed by atoms with E-state index in [4.69, 9.17) is 18.5 Å². The van der Waals surface area contributed by atoms with Gasteiger partial charge in [0.05, 0.1) is 13.2 Å². The number of esters is 1. The maximum absolute atomic E-state index is 12.9. The van der Waals surface area contributed by atoms with E-state index in [1.54, 1.807) is 0 Å². The van der Waals surface area contributed by atoms with Crippen molar-refractivity contribution in [3.63, 3.8) is 0 Å². The molecule has 12 nitrogen and oxygen atoms in total. The Kier molecular flexibility index (Phi) is 43.8. The molecule has 1 saturated carbocycles. The Labute approximate surface area is 425 Å². The second kappa shape index (κ2) is 46.6. The van der Waals surface area contributed by atoms with Gasteiger partial charge in [-0.2, -0.15) is 0 Å². The van der Waals surface area contributed by atoms with Crippen molar-refractivity contribution in [3.8, 4) is 0 Å². The van der Waals surface area contributed by atoms with Crippen molar-refractivity contribution in [2.24, 2.45) is 0 Å². The fourth-order valence-electron chi connectivity index (χ4n) is 8.20. The number of phosphoric ester groups is 1. The molecule has 0 aromatic rings. The average molecular weight is 1010 g/mol. The summed E-state index contributed by atoms with van der Waals surface area (Å²) in [4.78, 5) is 23.3. The lowest BCUT2D eigenvalue weighted by atomic mass is 9.85. The number of rotatable bonds is 47. The van der Waals surface area contributed by atoms with Crippen molar-refractivity contribution >= 4 is 13.8 Å². The smallest absolute Gasteiger partial charge is 0.457 e. The van der Waals surface area contributed by atoms with Gasteiger partial charge in [0.1, 0.15) is 42.7 Å². The van der Waals surface area contributed by atoms with Crippen LogP contribution in [0.15, 0.2) is 72.9 Å². The maximum Gasteiger partial charge on any atom is 0.472 e. The molecule has 0 heterocycles. The molecule has 0 bridgehead atoms. The van der Waals surface area contributed by atoms with E-state index in [9.17, 15) is 39.8 Å². The van der Waals surface area contributed by atoms with Gasteiger partial charge >= 0.3 is 13.8 Å². The zero-order valence-electron chi connectivity index (χ0n) is 43.8. The minimum Gasteiger partial charge on any atom is -0.457 e. The lowest BCUT2D eigenvalue weighted by Crippen LogP contribution is -2.64. The second-order valence-electron chi connectivity index (χ2n) is 19.0. The Morgan fingerprint density at radius 3 is 1.30 bits per heavy atom. The molecule has 70 heavy (non-hydrogen) atoms. The minimum absolute atomic E-state index is 0.0859. The van der Waals surface area contributed by atoms with E-state index in [1.165, 1.54) is 109 Å². The van der Waals surface area contributed by atoms with Crippen LogP contribution in [-0.2, 0) is 27.9 Å². The Hall–Kier alpha value is -2.22. The summed E-state index contributed by atoms with van der Waals surface area (Å²) in [5.74, 6) is -0.483. The summed E-state index contributed by atoms with van der Waals surface area (Å²) < 4.78 is 34.4. The SMILES string of the molecule is CC/C=C\C/C=C\C/C=C\C/C=C\C/C=C\CCCCCCCCCCOCC(COP(=O)(O)OC1C(O)C(O)C(O)C(O)C1O)OC(=O)CCCCCCCCCCC/C=C\CCCCCCCC. The normalized spacial score (nSPS) is 21.4. The van der Waals surface area contributed by atoms with Gasteiger partial charge in [-0.25, -0.2) is 4.57 Å². The molecule has 0 amide bonds. The predicted molar refractivity (Wildman–Crippen MR) is 285 cm³/mol. The first-order valence-electron chi connectivity index (χ1n) is 27.8. The molecule has 1 aliphatic rings. The number of phosphoric acid groups is 1. The van der Waals surface area contributed by atoms with Gasteiger partial charge in [0.2, 0.25) is 0 Å². The second-order valence-corrected chi connectivity index (χ2v) is 20.5. The van der Waals surface area contributed by atoms with E-state index in [2.05, 4.69) is 86.8 Å². The molecule has 0 spiro atoms. The fraction of sp³-hybridized carbons (Fsp3) is 0.772. The molecule has 1 rings (SSSR count). The van der Waals surface area contributed by atoms with Crippen LogP contribution in [0.1, 0.15) is 219 Å². The van der Waals surface area contributed by atoms with Crippen LogP contribution in [0.3, 0.4) is 0 Å². The van der Waals surface area contributed by atoms with Gasteiger partial charge in [0, 0.05) is 13.0 Å². The molecule has 13 heteroatoms. The van der Waals surface area contributed by atoms with Crippen molar-refractivity contribution in [3.05, 3.63) is 72.9 Å². The number of unbranched alkanes of at least 4 members (excludes halogenated alkanes) is 23. The van der Waals surface area contributed by atoms with Crippen molar-refractivity contribution in [1.29, 1.82) is 0 Å². The van der Waals surface area contributed by atoms with Crippen LogP contribution in [0.5, 0.6) is 0 Å². The molecule has 0 radical (unpaired) electrons. The summed E-state index contributed by atoms with van der Waals surface area (Å²) in [6, 6.07) is 0. The van der Waals surface area contributed by atoms with E-state index in [-0.39, 0.29) is 13.0 Å². The van der Waals surface area contributed by atoms with Crippen LogP contribution in [0.4, 0.5) is 0 Å². The Balaban J connectivity index is 2.31. The quantitative estimate of drug-likeness (QED) is 0.0147. The number of aliphatic hydroxyl groups is 5. The number of ether oxygens (including phenoxy) is 2. The Morgan fingerprint density at radius 1 is 0.471 bits per heavy atom. The van der Waals surface area contributed by atoms with Crippen LogP contribution < -0.4 is 0 Å². The van der Waals surface area contributed by atoms with Gasteiger partial charge in [0.25, 0.3) is 0 Å². The van der Waals surface area contributed by atoms with E-state index in [0.29, 0.717) is 13.0 Å². The monoisotopic (exact) mass is 1010 g/mol. The number of aliphatic hydroxyl groups excluding tert-OH is 5. The molecule has 6 atom stereocenters. The number of allylic oxidation sites excluding steroid dienone is 12. The molecule has 1 aliphatic carbocycles. The first-order valence-corrected chi connectivity index (χ1v) is 29.3. The van der Waals surface area contributed by atoms with E-state index < -0.39 is 63.1 Å². The molecule has 0 aliphatic heterocycles. The van der Waals surface area contributed by atoms with Gasteiger partial charge in [-0.05, 0) is 83.5 Å². The summed E-state index contributed by atoms with van der Waals surface area (Å²) in [7, 11) is -5.03. The number of hydrogen-bond acceptors (Lipinski definition) is 11. The van der Waals surface area contributed by atoms with Gasteiger partial charge in [0.15, 0.2) is 0 Å². The Morgan fingerprint density at radius 2 is 0.843 bits per heavy atom. The number of carbonyl (C=O) groups is 1. The third-order valence-corrected chi connectivity index (χ3v) is 13.5. The van der Waals surface area contributed by atoms with Gasteiger partial charge in [-0.3, -0.25) is 13.8 Å². The average Bonchev–Trinajstić information content (AvgIpc) is 3.35.